The first kappa shape index (κ1) is 12.9. The number of carbonyl (C=O) groups is 1. The molecular weight excluding hydrogens is 323 g/mol. The second-order valence-electron chi connectivity index (χ2n) is 3.67. The van der Waals surface area contributed by atoms with Crippen molar-refractivity contribution in [1.82, 2.24) is 9.80 Å². The minimum atomic E-state index is 0.107. The third-order valence-corrected chi connectivity index (χ3v) is 3.83. The molecule has 0 spiro atoms. The van der Waals surface area contributed by atoms with Crippen LogP contribution in [0.15, 0.2) is 11.4 Å². The van der Waals surface area contributed by atoms with Crippen LogP contribution in [0.3, 0.4) is 0 Å². The fraction of sp³-hybridized carbons (Fsp3) is 0.500. The molecule has 0 radical (unpaired) electrons. The quantitative estimate of drug-likeness (QED) is 0.784. The molecule has 0 atom stereocenters. The van der Waals surface area contributed by atoms with Crippen LogP contribution in [0, 0.1) is 2.88 Å². The second kappa shape index (κ2) is 5.81. The number of carbonyl (C=O) groups excluding carboxylic acids is 1. The summed E-state index contributed by atoms with van der Waals surface area (Å²) in [6.45, 7) is 1.65. The molecule has 0 unspecified atom stereocenters. The summed E-state index contributed by atoms with van der Waals surface area (Å²) < 4.78 is 1.15. The molecule has 1 aromatic heterocycles. The lowest BCUT2D eigenvalue weighted by atomic mass is 10.3. The van der Waals surface area contributed by atoms with E-state index in [4.69, 9.17) is 0 Å². The predicted octanol–water partition coefficient (Wildman–Crippen LogP) is 1.99. The Kier molecular flexibility index (Phi) is 5.01. The van der Waals surface area contributed by atoms with Crippen molar-refractivity contribution in [2.75, 3.05) is 34.2 Å². The van der Waals surface area contributed by atoms with Gasteiger partial charge in [-0.2, -0.15) is 0 Å². The van der Waals surface area contributed by atoms with Gasteiger partial charge in [-0.15, -0.1) is 11.3 Å². The van der Waals surface area contributed by atoms with E-state index in [0.29, 0.717) is 0 Å². The number of amides is 1. The number of halogens is 1. The zero-order chi connectivity index (χ0) is 11.4. The highest BCUT2D eigenvalue weighted by Gasteiger charge is 2.12. The highest BCUT2D eigenvalue weighted by Crippen LogP contribution is 2.17. The Hall–Kier alpha value is -0.140. The summed E-state index contributed by atoms with van der Waals surface area (Å²) in [7, 11) is 5.86. The number of rotatable bonds is 4. The number of thiophene rings is 1. The molecule has 0 N–H and O–H groups in total. The summed E-state index contributed by atoms with van der Waals surface area (Å²) in [4.78, 5) is 15.7. The van der Waals surface area contributed by atoms with E-state index in [0.717, 1.165) is 21.5 Å². The van der Waals surface area contributed by atoms with E-state index in [9.17, 15) is 4.79 Å². The van der Waals surface area contributed by atoms with Gasteiger partial charge >= 0.3 is 0 Å². The van der Waals surface area contributed by atoms with Gasteiger partial charge in [0.1, 0.15) is 0 Å². The van der Waals surface area contributed by atoms with Crippen molar-refractivity contribution in [3.05, 3.63) is 19.9 Å². The van der Waals surface area contributed by atoms with E-state index in [1.807, 2.05) is 32.6 Å². The normalized spacial score (nSPS) is 10.7. The van der Waals surface area contributed by atoms with E-state index in [-0.39, 0.29) is 5.91 Å². The van der Waals surface area contributed by atoms with Crippen LogP contribution in [0.2, 0.25) is 0 Å². The largest absolute Gasteiger partial charge is 0.340 e. The van der Waals surface area contributed by atoms with Crippen LogP contribution in [0.4, 0.5) is 0 Å². The van der Waals surface area contributed by atoms with Gasteiger partial charge in [-0.3, -0.25) is 4.79 Å². The lowest BCUT2D eigenvalue weighted by molar-refractivity contribution is 0.0787. The summed E-state index contributed by atoms with van der Waals surface area (Å²) in [5.74, 6) is 0.107. The molecule has 84 valence electrons. The number of likely N-dealkylation sites (N-methyl/N-ethyl adjacent to an activating group) is 2. The Morgan fingerprint density at radius 2 is 2.07 bits per heavy atom. The van der Waals surface area contributed by atoms with Gasteiger partial charge in [0.15, 0.2) is 0 Å². The first-order valence-electron chi connectivity index (χ1n) is 4.65. The van der Waals surface area contributed by atoms with Crippen molar-refractivity contribution in [2.24, 2.45) is 0 Å². The lowest BCUT2D eigenvalue weighted by Crippen LogP contribution is -2.33. The Labute approximate surface area is 108 Å². The zero-order valence-corrected chi connectivity index (χ0v) is 12.1. The van der Waals surface area contributed by atoms with Crippen LogP contribution < -0.4 is 0 Å². The van der Waals surface area contributed by atoms with Gasteiger partial charge in [0.05, 0.1) is 8.45 Å². The summed E-state index contributed by atoms with van der Waals surface area (Å²) in [5.41, 5.74) is 0.797. The maximum absolute atomic E-state index is 11.9. The van der Waals surface area contributed by atoms with E-state index in [2.05, 4.69) is 27.5 Å². The van der Waals surface area contributed by atoms with Crippen LogP contribution in [0.5, 0.6) is 0 Å². The van der Waals surface area contributed by atoms with E-state index >= 15 is 0 Å². The van der Waals surface area contributed by atoms with Crippen molar-refractivity contribution in [3.8, 4) is 0 Å². The Morgan fingerprint density at radius 3 is 2.53 bits per heavy atom. The predicted molar refractivity (Wildman–Crippen MR) is 72.6 cm³/mol. The molecule has 1 heterocycles. The molecule has 0 aromatic carbocycles. The maximum Gasteiger partial charge on any atom is 0.254 e. The van der Waals surface area contributed by atoms with Gasteiger partial charge in [-0.1, -0.05) is 0 Å². The van der Waals surface area contributed by atoms with Crippen LogP contribution >= 0.6 is 33.9 Å². The van der Waals surface area contributed by atoms with Crippen molar-refractivity contribution in [3.63, 3.8) is 0 Å². The lowest BCUT2D eigenvalue weighted by Gasteiger charge is -2.18. The second-order valence-corrected chi connectivity index (χ2v) is 6.47. The first-order valence-corrected chi connectivity index (χ1v) is 6.61. The number of hydrogen-bond donors (Lipinski definition) is 0. The summed E-state index contributed by atoms with van der Waals surface area (Å²) in [6, 6.07) is 1.93. The average molecular weight is 338 g/mol. The Bertz CT molecular complexity index is 338. The molecule has 0 saturated carbocycles. The van der Waals surface area contributed by atoms with Gasteiger partial charge in [0, 0.05) is 25.5 Å². The average Bonchev–Trinajstić information content (AvgIpc) is 2.60. The Morgan fingerprint density at radius 1 is 1.40 bits per heavy atom. The van der Waals surface area contributed by atoms with Crippen LogP contribution in [0.25, 0.3) is 0 Å². The van der Waals surface area contributed by atoms with E-state index in [1.54, 1.807) is 16.2 Å². The molecule has 0 fully saturated rings. The Balaban J connectivity index is 2.53. The van der Waals surface area contributed by atoms with Gasteiger partial charge in [-0.25, -0.2) is 0 Å². The summed E-state index contributed by atoms with van der Waals surface area (Å²) in [6.07, 6.45) is 0. The molecule has 1 amide bonds. The fourth-order valence-electron chi connectivity index (χ4n) is 1.09. The molecule has 1 rings (SSSR count). The van der Waals surface area contributed by atoms with Crippen molar-refractivity contribution in [2.45, 2.75) is 0 Å². The van der Waals surface area contributed by atoms with Crippen molar-refractivity contribution in [1.29, 1.82) is 0 Å². The molecule has 0 aliphatic carbocycles. The topological polar surface area (TPSA) is 23.6 Å². The van der Waals surface area contributed by atoms with Gasteiger partial charge in [0.25, 0.3) is 5.91 Å². The molecule has 0 aliphatic rings. The maximum atomic E-state index is 11.9. The molecule has 1 aromatic rings. The minimum Gasteiger partial charge on any atom is -0.340 e. The molecular formula is C10H15IN2OS. The van der Waals surface area contributed by atoms with Crippen LogP contribution in [0.1, 0.15) is 10.4 Å². The van der Waals surface area contributed by atoms with E-state index in [1.165, 1.54) is 0 Å². The highest BCUT2D eigenvalue weighted by atomic mass is 127. The molecule has 5 heteroatoms. The summed E-state index contributed by atoms with van der Waals surface area (Å²) in [5, 5.41) is 1.91. The fourth-order valence-corrected chi connectivity index (χ4v) is 2.41. The van der Waals surface area contributed by atoms with Crippen molar-refractivity contribution >= 4 is 39.8 Å². The molecule has 0 saturated heterocycles. The molecule has 0 bridgehead atoms. The van der Waals surface area contributed by atoms with Gasteiger partial charge in [0.2, 0.25) is 0 Å². The highest BCUT2D eigenvalue weighted by molar-refractivity contribution is 14.1. The van der Waals surface area contributed by atoms with Crippen molar-refractivity contribution < 1.29 is 4.79 Å². The van der Waals surface area contributed by atoms with Gasteiger partial charge in [-0.05, 0) is 42.8 Å². The van der Waals surface area contributed by atoms with Gasteiger partial charge < -0.3 is 9.80 Å². The first-order chi connectivity index (χ1) is 7.00. The SMILES string of the molecule is CN(C)CCN(C)C(=O)c1csc(I)c1. The zero-order valence-electron chi connectivity index (χ0n) is 9.16. The van der Waals surface area contributed by atoms with Crippen LogP contribution in [-0.4, -0.2) is 49.9 Å². The molecule has 0 aliphatic heterocycles. The molecule has 15 heavy (non-hydrogen) atoms. The summed E-state index contributed by atoms with van der Waals surface area (Å²) >= 11 is 3.83. The third-order valence-electron chi connectivity index (χ3n) is 2.04. The monoisotopic (exact) mass is 338 g/mol. The van der Waals surface area contributed by atoms with E-state index < -0.39 is 0 Å². The standard InChI is InChI=1S/C10H15IN2OS/c1-12(2)4-5-13(3)10(14)8-6-9(11)15-7-8/h6-7H,4-5H2,1-3H3. The smallest absolute Gasteiger partial charge is 0.254 e. The number of hydrogen-bond acceptors (Lipinski definition) is 3. The third kappa shape index (κ3) is 4.08. The van der Waals surface area contributed by atoms with Crippen LogP contribution in [-0.2, 0) is 0 Å². The number of nitrogens with zero attached hydrogens (tertiary/aromatic N) is 2. The molecule has 3 nitrogen and oxygen atoms in total. The minimum absolute atomic E-state index is 0.107.